The molecule has 0 amide bonds. The third kappa shape index (κ3) is 5.05. The van der Waals surface area contributed by atoms with E-state index in [4.69, 9.17) is 33.2 Å². The molecule has 0 N–H and O–H groups in total. The van der Waals surface area contributed by atoms with Gasteiger partial charge in [-0.25, -0.2) is 0 Å². The lowest BCUT2D eigenvalue weighted by Gasteiger charge is -2.18. The van der Waals surface area contributed by atoms with Crippen molar-refractivity contribution in [2.24, 2.45) is 0 Å². The van der Waals surface area contributed by atoms with E-state index in [2.05, 4.69) is 0 Å². The molecule has 0 bridgehead atoms. The van der Waals surface area contributed by atoms with Crippen LogP contribution in [0.15, 0.2) is 24.3 Å². The smallest absolute Gasteiger partial charge is 0.203 e. The van der Waals surface area contributed by atoms with Gasteiger partial charge in [0.2, 0.25) is 11.5 Å². The van der Waals surface area contributed by atoms with Gasteiger partial charge in [-0.1, -0.05) is 0 Å². The Labute approximate surface area is 191 Å². The molecule has 1 saturated heterocycles. The number of hydrogen-bond donors (Lipinski definition) is 0. The maximum Gasteiger partial charge on any atom is 0.203 e. The van der Waals surface area contributed by atoms with E-state index in [0.29, 0.717) is 34.5 Å². The van der Waals surface area contributed by atoms with E-state index in [0.717, 1.165) is 16.9 Å². The van der Waals surface area contributed by atoms with Crippen LogP contribution in [0.2, 0.25) is 0 Å². The Hall–Kier alpha value is -2.10. The van der Waals surface area contributed by atoms with Crippen LogP contribution < -0.4 is 28.4 Å². The molecule has 1 aliphatic heterocycles. The minimum Gasteiger partial charge on any atom is -0.493 e. The Morgan fingerprint density at radius 2 is 1.23 bits per heavy atom. The lowest BCUT2D eigenvalue weighted by molar-refractivity contribution is 0.0488. The summed E-state index contributed by atoms with van der Waals surface area (Å²) >= 11 is 3.73. The van der Waals surface area contributed by atoms with Gasteiger partial charge in [0, 0.05) is 18.1 Å². The molecular formula is C22H28O7S2. The first-order valence-corrected chi connectivity index (χ1v) is 11.5. The van der Waals surface area contributed by atoms with E-state index < -0.39 is 0 Å². The standard InChI is InChI=1S/C22H28O7S2/c1-23-12-29-18-10-14(9-17(26-4)21(18)28-6)22-30-11-19(31-22)13-7-15(24-2)20(27-5)16(8-13)25-3/h7-10,19,22H,11-12H2,1-6H3. The van der Waals surface area contributed by atoms with Gasteiger partial charge >= 0.3 is 0 Å². The van der Waals surface area contributed by atoms with Gasteiger partial charge in [-0.2, -0.15) is 0 Å². The van der Waals surface area contributed by atoms with Crippen molar-refractivity contribution < 1.29 is 33.2 Å². The highest BCUT2D eigenvalue weighted by molar-refractivity contribution is 8.19. The molecule has 170 valence electrons. The summed E-state index contributed by atoms with van der Waals surface area (Å²) in [5.74, 6) is 4.63. The molecule has 0 aromatic heterocycles. The van der Waals surface area contributed by atoms with Crippen molar-refractivity contribution >= 4 is 23.5 Å². The highest BCUT2D eigenvalue weighted by Gasteiger charge is 2.31. The zero-order valence-electron chi connectivity index (χ0n) is 18.6. The van der Waals surface area contributed by atoms with E-state index >= 15 is 0 Å². The fourth-order valence-corrected chi connectivity index (χ4v) is 6.61. The van der Waals surface area contributed by atoms with Crippen LogP contribution in [-0.4, -0.2) is 55.2 Å². The second kappa shape index (κ2) is 11.0. The van der Waals surface area contributed by atoms with Gasteiger partial charge in [0.05, 0.1) is 40.1 Å². The molecule has 1 heterocycles. The molecule has 1 aliphatic rings. The molecule has 3 rings (SSSR count). The maximum absolute atomic E-state index is 5.72. The van der Waals surface area contributed by atoms with Crippen LogP contribution >= 0.6 is 23.5 Å². The highest BCUT2D eigenvalue weighted by Crippen LogP contribution is 2.58. The lowest BCUT2D eigenvalue weighted by Crippen LogP contribution is -2.03. The fraction of sp³-hybridized carbons (Fsp3) is 0.455. The van der Waals surface area contributed by atoms with Crippen molar-refractivity contribution in [3.63, 3.8) is 0 Å². The summed E-state index contributed by atoms with van der Waals surface area (Å²) in [6.45, 7) is 0.127. The quantitative estimate of drug-likeness (QED) is 0.452. The molecule has 9 heteroatoms. The summed E-state index contributed by atoms with van der Waals surface area (Å²) < 4.78 is 38.5. The highest BCUT2D eigenvalue weighted by atomic mass is 32.2. The first-order valence-electron chi connectivity index (χ1n) is 9.54. The van der Waals surface area contributed by atoms with Crippen LogP contribution in [0.1, 0.15) is 21.0 Å². The number of ether oxygens (including phenoxy) is 7. The fourth-order valence-electron chi connectivity index (χ4n) is 3.35. The minimum atomic E-state index is 0.127. The number of methoxy groups -OCH3 is 6. The maximum atomic E-state index is 5.72. The van der Waals surface area contributed by atoms with Gasteiger partial charge in [0.15, 0.2) is 29.8 Å². The van der Waals surface area contributed by atoms with Crippen molar-refractivity contribution in [1.29, 1.82) is 0 Å². The van der Waals surface area contributed by atoms with E-state index in [9.17, 15) is 0 Å². The molecule has 0 saturated carbocycles. The number of benzene rings is 2. The average Bonchev–Trinajstić information content (AvgIpc) is 3.31. The summed E-state index contributed by atoms with van der Waals surface area (Å²) in [6.07, 6.45) is 0. The Bertz CT molecular complexity index is 865. The second-order valence-electron chi connectivity index (χ2n) is 6.55. The summed E-state index contributed by atoms with van der Waals surface area (Å²) in [7, 11) is 9.66. The Morgan fingerprint density at radius 3 is 1.74 bits per heavy atom. The van der Waals surface area contributed by atoms with Crippen LogP contribution in [0.3, 0.4) is 0 Å². The van der Waals surface area contributed by atoms with Gasteiger partial charge in [-0.05, 0) is 35.4 Å². The van der Waals surface area contributed by atoms with E-state index in [1.807, 2.05) is 47.8 Å². The molecule has 2 atom stereocenters. The molecule has 0 aliphatic carbocycles. The van der Waals surface area contributed by atoms with Crippen molar-refractivity contribution in [3.8, 4) is 34.5 Å². The van der Waals surface area contributed by atoms with Crippen molar-refractivity contribution in [2.45, 2.75) is 9.83 Å². The van der Waals surface area contributed by atoms with E-state index in [-0.39, 0.29) is 16.6 Å². The van der Waals surface area contributed by atoms with Crippen molar-refractivity contribution in [1.82, 2.24) is 0 Å². The van der Waals surface area contributed by atoms with E-state index in [1.54, 1.807) is 42.7 Å². The first kappa shape index (κ1) is 23.6. The van der Waals surface area contributed by atoms with Crippen molar-refractivity contribution in [2.75, 3.05) is 55.2 Å². The number of hydrogen-bond acceptors (Lipinski definition) is 9. The van der Waals surface area contributed by atoms with E-state index in [1.165, 1.54) is 0 Å². The van der Waals surface area contributed by atoms with Crippen LogP contribution in [-0.2, 0) is 4.74 Å². The molecular weight excluding hydrogens is 440 g/mol. The summed E-state index contributed by atoms with van der Waals surface area (Å²) in [5, 5.41) is 0.264. The molecule has 2 aromatic rings. The Kier molecular flexibility index (Phi) is 8.34. The van der Waals surface area contributed by atoms with Gasteiger partial charge in [0.25, 0.3) is 0 Å². The predicted octanol–water partition coefficient (Wildman–Crippen LogP) is 4.93. The van der Waals surface area contributed by atoms with Crippen LogP contribution in [0.4, 0.5) is 0 Å². The predicted molar refractivity (Wildman–Crippen MR) is 124 cm³/mol. The van der Waals surface area contributed by atoms with Crippen LogP contribution in [0.5, 0.6) is 34.5 Å². The zero-order valence-corrected chi connectivity index (χ0v) is 20.2. The molecule has 0 radical (unpaired) electrons. The second-order valence-corrected chi connectivity index (χ2v) is 9.30. The van der Waals surface area contributed by atoms with Gasteiger partial charge in [-0.15, -0.1) is 23.5 Å². The summed E-state index contributed by atoms with van der Waals surface area (Å²) in [4.78, 5) is 0. The summed E-state index contributed by atoms with van der Waals surface area (Å²) in [6, 6.07) is 8.02. The topological polar surface area (TPSA) is 64.6 Å². The molecule has 2 unspecified atom stereocenters. The normalized spacial score (nSPS) is 17.9. The van der Waals surface area contributed by atoms with Gasteiger partial charge < -0.3 is 33.2 Å². The molecule has 31 heavy (non-hydrogen) atoms. The lowest BCUT2D eigenvalue weighted by atomic mass is 10.1. The molecule has 2 aromatic carbocycles. The Morgan fingerprint density at radius 1 is 0.710 bits per heavy atom. The summed E-state index contributed by atoms with van der Waals surface area (Å²) in [5.41, 5.74) is 2.22. The third-order valence-corrected chi connectivity index (χ3v) is 8.16. The van der Waals surface area contributed by atoms with Gasteiger partial charge in [0.1, 0.15) is 0 Å². The largest absolute Gasteiger partial charge is 0.493 e. The minimum absolute atomic E-state index is 0.127. The van der Waals surface area contributed by atoms with Crippen molar-refractivity contribution in [3.05, 3.63) is 35.4 Å². The zero-order chi connectivity index (χ0) is 22.4. The number of thioether (sulfide) groups is 2. The first-order chi connectivity index (χ1) is 15.1. The van der Waals surface area contributed by atoms with Crippen LogP contribution in [0.25, 0.3) is 0 Å². The molecule has 7 nitrogen and oxygen atoms in total. The van der Waals surface area contributed by atoms with Gasteiger partial charge in [-0.3, -0.25) is 0 Å². The SMILES string of the molecule is COCOc1cc(C2SCC(c3cc(OC)c(OC)c(OC)c3)S2)cc(OC)c1OC. The average molecular weight is 469 g/mol. The Balaban J connectivity index is 1.88. The van der Waals surface area contributed by atoms with Crippen LogP contribution in [0, 0.1) is 0 Å². The molecule has 0 spiro atoms. The monoisotopic (exact) mass is 468 g/mol. The number of rotatable bonds is 10. The third-order valence-electron chi connectivity index (χ3n) is 4.82. The molecule has 1 fully saturated rings.